The fourth-order valence-corrected chi connectivity index (χ4v) is 5.86. The largest absolute Gasteiger partial charge is 0.490 e. The summed E-state index contributed by atoms with van der Waals surface area (Å²) in [5.41, 5.74) is 2.61. The van der Waals surface area contributed by atoms with E-state index in [1.54, 1.807) is 0 Å². The van der Waals surface area contributed by atoms with Crippen LogP contribution in [0.5, 0.6) is 0 Å². The highest BCUT2D eigenvalue weighted by atomic mass is 32.1. The summed E-state index contributed by atoms with van der Waals surface area (Å²) in [6.45, 7) is 7.66. The molecule has 0 unspecified atom stereocenters. The number of aliphatic carboxylic acids is 2. The first-order chi connectivity index (χ1) is 19.5. The second-order valence-corrected chi connectivity index (χ2v) is 11.2. The van der Waals surface area contributed by atoms with Crippen LogP contribution in [-0.2, 0) is 28.2 Å². The molecule has 4 heterocycles. The number of fused-ring (bicyclic) bond motifs is 2. The minimum atomic E-state index is -5.08. The number of alkyl halides is 6. The van der Waals surface area contributed by atoms with Crippen LogP contribution >= 0.6 is 11.3 Å². The summed E-state index contributed by atoms with van der Waals surface area (Å²) in [6, 6.07) is 15.2. The lowest BCUT2D eigenvalue weighted by Crippen LogP contribution is -2.56. The summed E-state index contributed by atoms with van der Waals surface area (Å²) in [5.74, 6) is -4.24. The molecule has 0 amide bonds. The van der Waals surface area contributed by atoms with Crippen LogP contribution in [0, 0.1) is 6.92 Å². The Balaban J connectivity index is 0.000000289. The second kappa shape index (κ2) is 13.3. The smallest absolute Gasteiger partial charge is 0.475 e. The van der Waals surface area contributed by atoms with Crippen LogP contribution in [0.3, 0.4) is 0 Å². The molecule has 3 aromatic rings. The molecule has 0 atom stereocenters. The van der Waals surface area contributed by atoms with Crippen molar-refractivity contribution in [2.75, 3.05) is 26.7 Å². The molecule has 2 aliphatic rings. The van der Waals surface area contributed by atoms with Gasteiger partial charge in [0.25, 0.3) is 0 Å². The number of hydrogen-bond donors (Lipinski definition) is 2. The monoisotopic (exact) mass is 620 g/mol. The first-order valence-electron chi connectivity index (χ1n) is 12.7. The number of aryl methyl sites for hydroxylation is 1. The number of rotatable bonds is 3. The minimum Gasteiger partial charge on any atom is -0.475 e. The molecular weight excluding hydrogens is 590 g/mol. The molecule has 15 heteroatoms. The Morgan fingerprint density at radius 1 is 0.905 bits per heavy atom. The highest BCUT2D eigenvalue weighted by Gasteiger charge is 2.45. The van der Waals surface area contributed by atoms with Gasteiger partial charge < -0.3 is 14.8 Å². The van der Waals surface area contributed by atoms with Crippen molar-refractivity contribution in [3.63, 3.8) is 0 Å². The molecule has 1 fully saturated rings. The van der Waals surface area contributed by atoms with E-state index in [4.69, 9.17) is 24.8 Å². The third-order valence-corrected chi connectivity index (χ3v) is 8.06. The number of carboxylic acids is 2. The van der Waals surface area contributed by atoms with E-state index in [0.29, 0.717) is 0 Å². The zero-order valence-corrected chi connectivity index (χ0v) is 23.6. The summed E-state index contributed by atoms with van der Waals surface area (Å²) in [7, 11) is 2.29. The number of carboxylic acid groups (broad SMARTS) is 2. The molecule has 2 aliphatic heterocycles. The predicted molar refractivity (Wildman–Crippen MR) is 143 cm³/mol. The van der Waals surface area contributed by atoms with Gasteiger partial charge in [-0.25, -0.2) is 14.6 Å². The Hall–Kier alpha value is -3.43. The molecule has 2 aromatic heterocycles. The number of aromatic nitrogens is 2. The van der Waals surface area contributed by atoms with Gasteiger partial charge in [0.05, 0.1) is 17.4 Å². The van der Waals surface area contributed by atoms with Crippen molar-refractivity contribution >= 4 is 23.3 Å². The Labute approximate surface area is 241 Å². The number of carbonyl (C=O) groups is 2. The Kier molecular flexibility index (Phi) is 10.4. The van der Waals surface area contributed by atoms with Gasteiger partial charge in [0, 0.05) is 42.5 Å². The lowest BCUT2D eigenvalue weighted by molar-refractivity contribution is -0.193. The van der Waals surface area contributed by atoms with Crippen LogP contribution < -0.4 is 0 Å². The van der Waals surface area contributed by atoms with Crippen molar-refractivity contribution in [1.29, 1.82) is 0 Å². The summed E-state index contributed by atoms with van der Waals surface area (Å²) in [5, 5.41) is 14.2. The molecule has 1 saturated heterocycles. The summed E-state index contributed by atoms with van der Waals surface area (Å²) in [4.78, 5) is 30.8. The normalized spacial score (nSPS) is 17.0. The second-order valence-electron chi connectivity index (χ2n) is 9.83. The third kappa shape index (κ3) is 8.10. The topological polar surface area (TPSA) is 98.9 Å². The van der Waals surface area contributed by atoms with Gasteiger partial charge in [0.15, 0.2) is 0 Å². The standard InChI is InChI=1S/C23H28N4S.2C2HF3O2/c1-18-8-9-20(28-18)17-26-12-10-23(11-13-26)22-24-16-21(19-6-4-3-5-7-19)27(22)15-14-25(23)2;2*3-2(4,5)1(6)7/h3-9,16H,10-15,17H2,1-2H3;2*(H,6,7). The summed E-state index contributed by atoms with van der Waals surface area (Å²) in [6.07, 6.45) is -5.77. The number of nitrogens with zero attached hydrogens (tertiary/aromatic N) is 4. The van der Waals surface area contributed by atoms with E-state index in [0.717, 1.165) is 45.6 Å². The van der Waals surface area contributed by atoms with E-state index in [-0.39, 0.29) is 5.54 Å². The van der Waals surface area contributed by atoms with Crippen LogP contribution in [-0.4, -0.2) is 80.5 Å². The molecule has 8 nitrogen and oxygen atoms in total. The molecule has 5 rings (SSSR count). The van der Waals surface area contributed by atoms with E-state index >= 15 is 0 Å². The van der Waals surface area contributed by atoms with E-state index in [1.165, 1.54) is 26.8 Å². The average Bonchev–Trinajstić information content (AvgIpc) is 3.54. The maximum atomic E-state index is 10.6. The Bertz CT molecular complexity index is 1320. The van der Waals surface area contributed by atoms with Gasteiger partial charge in [-0.05, 0) is 44.5 Å². The number of likely N-dealkylation sites (tertiary alicyclic amines) is 1. The first-order valence-corrected chi connectivity index (χ1v) is 13.6. The highest BCUT2D eigenvalue weighted by Crippen LogP contribution is 2.41. The van der Waals surface area contributed by atoms with E-state index in [9.17, 15) is 26.3 Å². The molecule has 2 N–H and O–H groups in total. The average molecular weight is 621 g/mol. The molecule has 42 heavy (non-hydrogen) atoms. The van der Waals surface area contributed by atoms with E-state index in [2.05, 4.69) is 77.0 Å². The van der Waals surface area contributed by atoms with Crippen LogP contribution in [0.2, 0.25) is 0 Å². The number of piperidine rings is 1. The lowest BCUT2D eigenvalue weighted by Gasteiger charge is -2.49. The SMILES string of the molecule is Cc1ccc(CN2CCC3(CC2)c2ncc(-c4ccccc4)n2CCN3C)s1.O=C(O)C(F)(F)F.O=C(O)C(F)(F)F. The number of hydrogen-bond acceptors (Lipinski definition) is 6. The van der Waals surface area contributed by atoms with Crippen molar-refractivity contribution in [3.05, 3.63) is 64.2 Å². The van der Waals surface area contributed by atoms with Crippen molar-refractivity contribution in [2.45, 2.75) is 50.7 Å². The number of benzene rings is 1. The van der Waals surface area contributed by atoms with Crippen molar-refractivity contribution in [3.8, 4) is 11.3 Å². The molecule has 1 spiro atoms. The fraction of sp³-hybridized carbons (Fsp3) is 0.444. The van der Waals surface area contributed by atoms with E-state index < -0.39 is 24.3 Å². The Morgan fingerprint density at radius 3 is 1.93 bits per heavy atom. The number of thiophene rings is 1. The number of halogens is 6. The van der Waals surface area contributed by atoms with Gasteiger partial charge in [-0.2, -0.15) is 26.3 Å². The van der Waals surface area contributed by atoms with Gasteiger partial charge in [0.1, 0.15) is 5.82 Å². The van der Waals surface area contributed by atoms with Crippen LogP contribution in [0.4, 0.5) is 26.3 Å². The summed E-state index contributed by atoms with van der Waals surface area (Å²) < 4.78 is 66.0. The molecule has 1 aromatic carbocycles. The van der Waals surface area contributed by atoms with Gasteiger partial charge in [-0.15, -0.1) is 11.3 Å². The Morgan fingerprint density at radius 2 is 1.45 bits per heavy atom. The fourth-order valence-electron chi connectivity index (χ4n) is 4.92. The van der Waals surface area contributed by atoms with Crippen LogP contribution in [0.25, 0.3) is 11.3 Å². The van der Waals surface area contributed by atoms with Gasteiger partial charge >= 0.3 is 24.3 Å². The molecule has 0 aliphatic carbocycles. The quantitative estimate of drug-likeness (QED) is 0.367. The van der Waals surface area contributed by atoms with Gasteiger partial charge in [-0.3, -0.25) is 9.80 Å². The number of imidazole rings is 1. The maximum absolute atomic E-state index is 10.6. The lowest BCUT2D eigenvalue weighted by atomic mass is 9.83. The van der Waals surface area contributed by atoms with Crippen molar-refractivity contribution in [1.82, 2.24) is 19.4 Å². The van der Waals surface area contributed by atoms with Crippen LogP contribution in [0.1, 0.15) is 28.4 Å². The third-order valence-electron chi connectivity index (χ3n) is 7.07. The number of likely N-dealkylation sites (N-methyl/N-ethyl adjacent to an activating group) is 1. The van der Waals surface area contributed by atoms with E-state index in [1.807, 2.05) is 11.3 Å². The van der Waals surface area contributed by atoms with Crippen LogP contribution in [0.15, 0.2) is 48.7 Å². The first kappa shape index (κ1) is 33.1. The zero-order chi connectivity index (χ0) is 31.3. The van der Waals surface area contributed by atoms with Gasteiger partial charge in [-0.1, -0.05) is 30.3 Å². The molecule has 230 valence electrons. The zero-order valence-electron chi connectivity index (χ0n) is 22.7. The maximum Gasteiger partial charge on any atom is 0.490 e. The minimum absolute atomic E-state index is 0.0765. The molecular formula is C27H30F6N4O4S. The molecule has 0 bridgehead atoms. The van der Waals surface area contributed by atoms with Crippen molar-refractivity contribution in [2.24, 2.45) is 0 Å². The summed E-state index contributed by atoms with van der Waals surface area (Å²) >= 11 is 1.93. The highest BCUT2D eigenvalue weighted by molar-refractivity contribution is 7.11. The molecule has 0 saturated carbocycles. The van der Waals surface area contributed by atoms with Crippen molar-refractivity contribution < 1.29 is 46.1 Å². The predicted octanol–water partition coefficient (Wildman–Crippen LogP) is 5.62. The van der Waals surface area contributed by atoms with Gasteiger partial charge in [0.2, 0.25) is 0 Å². The molecule has 0 radical (unpaired) electrons.